The van der Waals surface area contributed by atoms with Gasteiger partial charge in [0.25, 0.3) is 0 Å². The van der Waals surface area contributed by atoms with E-state index in [9.17, 15) is 0 Å². The van der Waals surface area contributed by atoms with E-state index in [-0.39, 0.29) is 0 Å². The average Bonchev–Trinajstić information content (AvgIpc) is 2.97. The summed E-state index contributed by atoms with van der Waals surface area (Å²) in [6, 6.07) is 2.80. The fourth-order valence-corrected chi connectivity index (χ4v) is 1.85. The lowest BCUT2D eigenvalue weighted by molar-refractivity contribution is 0.227. The molecular weight excluding hydrogens is 190 g/mol. The summed E-state index contributed by atoms with van der Waals surface area (Å²) in [5.74, 6) is 0. The zero-order chi connectivity index (χ0) is 10.5. The highest BCUT2D eigenvalue weighted by Crippen LogP contribution is 2.28. The molecule has 4 nitrogen and oxygen atoms in total. The van der Waals surface area contributed by atoms with Gasteiger partial charge in [0.15, 0.2) is 0 Å². The van der Waals surface area contributed by atoms with Gasteiger partial charge in [-0.1, -0.05) is 0 Å². The van der Waals surface area contributed by atoms with Crippen molar-refractivity contribution in [2.75, 3.05) is 13.2 Å². The number of hydrogen-bond acceptors (Lipinski definition) is 3. The molecule has 1 aliphatic rings. The number of aliphatic hydroxyl groups is 1. The summed E-state index contributed by atoms with van der Waals surface area (Å²) in [6.45, 7) is 2.36. The standard InChI is InChI=1S/C11H19N3O/c15-8-2-1-7-14(11-3-4-11)9-10-5-6-12-13-10/h5-6,11,15H,1-4,7-9H2,(H,12,13). The summed E-state index contributed by atoms with van der Waals surface area (Å²) in [5, 5.41) is 15.7. The quantitative estimate of drug-likeness (QED) is 0.662. The van der Waals surface area contributed by atoms with Crippen LogP contribution < -0.4 is 0 Å². The van der Waals surface area contributed by atoms with Crippen molar-refractivity contribution in [3.05, 3.63) is 18.0 Å². The molecule has 0 amide bonds. The number of nitrogens with one attached hydrogen (secondary N) is 1. The van der Waals surface area contributed by atoms with Gasteiger partial charge in [-0.15, -0.1) is 0 Å². The van der Waals surface area contributed by atoms with E-state index in [4.69, 9.17) is 5.11 Å². The molecule has 0 aromatic carbocycles. The molecule has 2 N–H and O–H groups in total. The molecule has 1 aromatic rings. The van der Waals surface area contributed by atoms with Crippen molar-refractivity contribution in [3.8, 4) is 0 Å². The summed E-state index contributed by atoms with van der Waals surface area (Å²) in [6.07, 6.45) is 6.45. The highest BCUT2D eigenvalue weighted by atomic mass is 16.2. The van der Waals surface area contributed by atoms with Crippen LogP contribution in [0.15, 0.2) is 12.3 Å². The Morgan fingerprint density at radius 2 is 2.33 bits per heavy atom. The van der Waals surface area contributed by atoms with Crippen LogP contribution in [0.1, 0.15) is 31.4 Å². The van der Waals surface area contributed by atoms with E-state index >= 15 is 0 Å². The topological polar surface area (TPSA) is 52.1 Å². The number of aromatic nitrogens is 2. The molecule has 0 spiro atoms. The van der Waals surface area contributed by atoms with Crippen molar-refractivity contribution >= 4 is 0 Å². The number of unbranched alkanes of at least 4 members (excludes halogenated alkanes) is 1. The van der Waals surface area contributed by atoms with E-state index in [0.717, 1.165) is 32.0 Å². The monoisotopic (exact) mass is 209 g/mol. The third kappa shape index (κ3) is 3.32. The molecule has 0 atom stereocenters. The van der Waals surface area contributed by atoms with Crippen LogP contribution in [-0.2, 0) is 6.54 Å². The molecule has 1 saturated carbocycles. The third-order valence-corrected chi connectivity index (χ3v) is 2.85. The van der Waals surface area contributed by atoms with Gasteiger partial charge >= 0.3 is 0 Å². The van der Waals surface area contributed by atoms with Gasteiger partial charge in [0.2, 0.25) is 0 Å². The molecular formula is C11H19N3O. The normalized spacial score (nSPS) is 16.1. The fraction of sp³-hybridized carbons (Fsp3) is 0.727. The maximum atomic E-state index is 8.76. The fourth-order valence-electron chi connectivity index (χ4n) is 1.85. The van der Waals surface area contributed by atoms with Crippen molar-refractivity contribution in [2.45, 2.75) is 38.3 Å². The van der Waals surface area contributed by atoms with Gasteiger partial charge in [0.1, 0.15) is 0 Å². The lowest BCUT2D eigenvalue weighted by atomic mass is 10.3. The lowest BCUT2D eigenvalue weighted by Gasteiger charge is -2.20. The van der Waals surface area contributed by atoms with Crippen LogP contribution in [0.5, 0.6) is 0 Å². The van der Waals surface area contributed by atoms with E-state index in [0.29, 0.717) is 6.61 Å². The van der Waals surface area contributed by atoms with Crippen molar-refractivity contribution in [1.82, 2.24) is 15.1 Å². The number of aromatic amines is 1. The van der Waals surface area contributed by atoms with E-state index in [2.05, 4.69) is 15.1 Å². The predicted octanol–water partition coefficient (Wildman–Crippen LogP) is 1.15. The second kappa shape index (κ2) is 5.28. The van der Waals surface area contributed by atoms with E-state index in [1.54, 1.807) is 6.20 Å². The van der Waals surface area contributed by atoms with Crippen molar-refractivity contribution in [2.24, 2.45) is 0 Å². The minimum absolute atomic E-state index is 0.308. The zero-order valence-corrected chi connectivity index (χ0v) is 9.02. The summed E-state index contributed by atoms with van der Waals surface area (Å²) in [5.41, 5.74) is 1.19. The Morgan fingerprint density at radius 1 is 1.47 bits per heavy atom. The summed E-state index contributed by atoms with van der Waals surface area (Å²) in [7, 11) is 0. The Hall–Kier alpha value is -0.870. The molecule has 15 heavy (non-hydrogen) atoms. The van der Waals surface area contributed by atoms with Crippen molar-refractivity contribution in [1.29, 1.82) is 0 Å². The Balaban J connectivity index is 1.78. The molecule has 1 aromatic heterocycles. The summed E-state index contributed by atoms with van der Waals surface area (Å²) >= 11 is 0. The molecule has 1 fully saturated rings. The summed E-state index contributed by atoms with van der Waals surface area (Å²) < 4.78 is 0. The van der Waals surface area contributed by atoms with Crippen LogP contribution in [0.4, 0.5) is 0 Å². The molecule has 0 saturated heterocycles. The molecule has 0 aliphatic heterocycles. The third-order valence-electron chi connectivity index (χ3n) is 2.85. The SMILES string of the molecule is OCCCCN(Cc1ccn[nH]1)C1CC1. The molecule has 0 unspecified atom stereocenters. The second-order valence-corrected chi connectivity index (χ2v) is 4.21. The van der Waals surface area contributed by atoms with E-state index in [1.165, 1.54) is 18.5 Å². The highest BCUT2D eigenvalue weighted by Gasteiger charge is 2.28. The van der Waals surface area contributed by atoms with Crippen LogP contribution in [0.3, 0.4) is 0 Å². The van der Waals surface area contributed by atoms with Gasteiger partial charge < -0.3 is 5.11 Å². The number of nitrogens with zero attached hydrogens (tertiary/aromatic N) is 2. The van der Waals surface area contributed by atoms with Gasteiger partial charge in [-0.2, -0.15) is 5.10 Å². The highest BCUT2D eigenvalue weighted by molar-refractivity contribution is 4.99. The molecule has 4 heteroatoms. The Labute approximate surface area is 90.3 Å². The van der Waals surface area contributed by atoms with E-state index in [1.807, 2.05) is 6.07 Å². The Kier molecular flexibility index (Phi) is 3.75. The van der Waals surface area contributed by atoms with Gasteiger partial charge in [0, 0.05) is 31.1 Å². The van der Waals surface area contributed by atoms with Crippen LogP contribution in [0, 0.1) is 0 Å². The maximum absolute atomic E-state index is 8.76. The number of rotatable bonds is 7. The second-order valence-electron chi connectivity index (χ2n) is 4.21. The molecule has 1 aliphatic carbocycles. The number of aliphatic hydroxyl groups excluding tert-OH is 1. The average molecular weight is 209 g/mol. The van der Waals surface area contributed by atoms with Crippen molar-refractivity contribution < 1.29 is 5.11 Å². The van der Waals surface area contributed by atoms with Gasteiger partial charge in [-0.3, -0.25) is 10.00 Å². The predicted molar refractivity (Wildman–Crippen MR) is 58.3 cm³/mol. The molecule has 1 heterocycles. The Bertz CT molecular complexity index is 269. The van der Waals surface area contributed by atoms with Crippen LogP contribution in [0.2, 0.25) is 0 Å². The number of H-pyrrole nitrogens is 1. The first-order valence-corrected chi connectivity index (χ1v) is 5.73. The molecule has 2 rings (SSSR count). The molecule has 0 bridgehead atoms. The molecule has 84 valence electrons. The first-order valence-electron chi connectivity index (χ1n) is 5.73. The van der Waals surface area contributed by atoms with Crippen molar-refractivity contribution in [3.63, 3.8) is 0 Å². The molecule has 0 radical (unpaired) electrons. The largest absolute Gasteiger partial charge is 0.396 e. The van der Waals surface area contributed by atoms with Gasteiger partial charge in [0.05, 0.1) is 0 Å². The van der Waals surface area contributed by atoms with E-state index < -0.39 is 0 Å². The Morgan fingerprint density at radius 3 is 2.93 bits per heavy atom. The first kappa shape index (κ1) is 10.6. The smallest absolute Gasteiger partial charge is 0.0492 e. The van der Waals surface area contributed by atoms with Gasteiger partial charge in [-0.05, 0) is 38.3 Å². The minimum atomic E-state index is 0.308. The summed E-state index contributed by atoms with van der Waals surface area (Å²) in [4.78, 5) is 2.49. The first-order chi connectivity index (χ1) is 7.40. The minimum Gasteiger partial charge on any atom is -0.396 e. The maximum Gasteiger partial charge on any atom is 0.0492 e. The van der Waals surface area contributed by atoms with Crippen LogP contribution in [-0.4, -0.2) is 39.4 Å². The van der Waals surface area contributed by atoms with Gasteiger partial charge in [-0.25, -0.2) is 0 Å². The zero-order valence-electron chi connectivity index (χ0n) is 9.02. The van der Waals surface area contributed by atoms with Crippen LogP contribution in [0.25, 0.3) is 0 Å². The van der Waals surface area contributed by atoms with Crippen LogP contribution >= 0.6 is 0 Å². The number of hydrogen-bond donors (Lipinski definition) is 2. The lowest BCUT2D eigenvalue weighted by Crippen LogP contribution is -2.27.